The minimum absolute atomic E-state index is 0.118. The van der Waals surface area contributed by atoms with Gasteiger partial charge in [0.1, 0.15) is 12.1 Å². The van der Waals surface area contributed by atoms with Gasteiger partial charge in [-0.1, -0.05) is 5.16 Å². The van der Waals surface area contributed by atoms with Crippen molar-refractivity contribution in [3.05, 3.63) is 53.7 Å². The van der Waals surface area contributed by atoms with Gasteiger partial charge in [0, 0.05) is 17.5 Å². The number of hydrogen-bond donors (Lipinski definition) is 2. The molecular weight excluding hydrogens is 267 g/mol. The summed E-state index contributed by atoms with van der Waals surface area (Å²) in [6, 6.07) is 6.07. The van der Waals surface area contributed by atoms with E-state index in [0.717, 1.165) is 10.6 Å². The molecule has 2 rings (SSSR count). The molecule has 1 aromatic heterocycles. The largest absolute Gasteiger partial charge is 0.409 e. The van der Waals surface area contributed by atoms with Gasteiger partial charge in [0.25, 0.3) is 0 Å². The summed E-state index contributed by atoms with van der Waals surface area (Å²) in [4.78, 5) is 7.88. The molecule has 7 heteroatoms. The van der Waals surface area contributed by atoms with Crippen molar-refractivity contribution in [2.75, 3.05) is 0 Å². The van der Waals surface area contributed by atoms with Gasteiger partial charge in [0.05, 0.1) is 5.03 Å². The summed E-state index contributed by atoms with van der Waals surface area (Å²) in [7, 11) is 0. The zero-order valence-electron chi connectivity index (χ0n) is 9.82. The molecule has 0 aliphatic rings. The fraction of sp³-hybridized carbons (Fsp3) is 0.0833. The number of aromatic nitrogens is 2. The van der Waals surface area contributed by atoms with Crippen LogP contribution >= 0.6 is 11.8 Å². The highest BCUT2D eigenvalue weighted by atomic mass is 32.2. The number of thioether (sulfide) groups is 1. The number of benzene rings is 1. The summed E-state index contributed by atoms with van der Waals surface area (Å²) in [5.41, 5.74) is 6.52. The first kappa shape index (κ1) is 13.3. The van der Waals surface area contributed by atoms with E-state index in [9.17, 15) is 4.39 Å². The summed E-state index contributed by atoms with van der Waals surface area (Å²) in [6.45, 7) is 0. The molecule has 1 heterocycles. The lowest BCUT2D eigenvalue weighted by Crippen LogP contribution is -2.13. The monoisotopic (exact) mass is 278 g/mol. The van der Waals surface area contributed by atoms with E-state index in [0.29, 0.717) is 11.3 Å². The Morgan fingerprint density at radius 2 is 2.26 bits per heavy atom. The number of oxime groups is 1. The van der Waals surface area contributed by atoms with Crippen LogP contribution in [0, 0.1) is 5.82 Å². The molecule has 2 aromatic rings. The minimum atomic E-state index is -0.428. The van der Waals surface area contributed by atoms with Crippen molar-refractivity contribution in [2.45, 2.75) is 10.8 Å². The molecule has 98 valence electrons. The van der Waals surface area contributed by atoms with Crippen LogP contribution in [0.25, 0.3) is 0 Å². The maximum absolute atomic E-state index is 13.4. The Hall–Kier alpha value is -2.15. The van der Waals surface area contributed by atoms with Gasteiger partial charge in [0.15, 0.2) is 5.84 Å². The fourth-order valence-corrected chi connectivity index (χ4v) is 2.22. The topological polar surface area (TPSA) is 84.4 Å². The van der Waals surface area contributed by atoms with Gasteiger partial charge in [-0.3, -0.25) is 0 Å². The molecule has 0 bridgehead atoms. The summed E-state index contributed by atoms with van der Waals surface area (Å²) >= 11 is 1.45. The van der Waals surface area contributed by atoms with Crippen LogP contribution in [-0.2, 0) is 5.75 Å². The van der Waals surface area contributed by atoms with E-state index in [1.54, 1.807) is 18.3 Å². The van der Waals surface area contributed by atoms with Crippen molar-refractivity contribution in [2.24, 2.45) is 10.9 Å². The number of halogens is 1. The second-order valence-corrected chi connectivity index (χ2v) is 4.67. The Kier molecular flexibility index (Phi) is 4.30. The van der Waals surface area contributed by atoms with E-state index in [1.165, 1.54) is 30.2 Å². The summed E-state index contributed by atoms with van der Waals surface area (Å²) in [5, 5.41) is 12.3. The maximum atomic E-state index is 13.4. The molecule has 3 N–H and O–H groups in total. The van der Waals surface area contributed by atoms with Gasteiger partial charge in [-0.2, -0.15) is 0 Å². The van der Waals surface area contributed by atoms with Crippen LogP contribution in [0.1, 0.15) is 11.1 Å². The smallest absolute Gasteiger partial charge is 0.170 e. The molecule has 19 heavy (non-hydrogen) atoms. The van der Waals surface area contributed by atoms with Crippen LogP contribution < -0.4 is 5.73 Å². The lowest BCUT2D eigenvalue weighted by Gasteiger charge is -2.05. The van der Waals surface area contributed by atoms with Crippen molar-refractivity contribution in [3.63, 3.8) is 0 Å². The van der Waals surface area contributed by atoms with Crippen LogP contribution in [0.15, 0.2) is 47.0 Å². The van der Waals surface area contributed by atoms with E-state index in [2.05, 4.69) is 15.1 Å². The Labute approximate surface area is 113 Å². The minimum Gasteiger partial charge on any atom is -0.409 e. The van der Waals surface area contributed by atoms with Gasteiger partial charge in [0.2, 0.25) is 0 Å². The lowest BCUT2D eigenvalue weighted by molar-refractivity contribution is 0.318. The average molecular weight is 278 g/mol. The van der Waals surface area contributed by atoms with Crippen molar-refractivity contribution in [3.8, 4) is 0 Å². The first-order valence-corrected chi connectivity index (χ1v) is 6.34. The quantitative estimate of drug-likeness (QED) is 0.223. The number of nitrogens with two attached hydrogens (primary N) is 1. The molecule has 5 nitrogen and oxygen atoms in total. The van der Waals surface area contributed by atoms with Crippen molar-refractivity contribution < 1.29 is 9.60 Å². The van der Waals surface area contributed by atoms with E-state index in [-0.39, 0.29) is 5.84 Å². The highest BCUT2D eigenvalue weighted by Crippen LogP contribution is 2.21. The van der Waals surface area contributed by atoms with Gasteiger partial charge in [-0.15, -0.1) is 11.8 Å². The van der Waals surface area contributed by atoms with E-state index < -0.39 is 5.82 Å². The Bertz CT molecular complexity index is 592. The highest BCUT2D eigenvalue weighted by Gasteiger charge is 2.05. The molecule has 0 unspecified atom stereocenters. The standard InChI is InChI=1S/C12H11FN4OS/c13-10-4-8(3-9(5-10)12(14)17-18)6-19-11-1-2-15-7-16-11/h1-5,7,18H,6H2,(H2,14,17). The Morgan fingerprint density at radius 1 is 1.42 bits per heavy atom. The van der Waals surface area contributed by atoms with Crippen LogP contribution in [-0.4, -0.2) is 21.0 Å². The second kappa shape index (κ2) is 6.14. The SMILES string of the molecule is N/C(=N/O)c1cc(F)cc(CSc2ccncn2)c1. The molecule has 0 fully saturated rings. The fourth-order valence-electron chi connectivity index (χ4n) is 1.46. The first-order valence-electron chi connectivity index (χ1n) is 5.35. The van der Waals surface area contributed by atoms with E-state index >= 15 is 0 Å². The first-order chi connectivity index (χ1) is 9.19. The molecule has 0 spiro atoms. The number of rotatable bonds is 4. The average Bonchev–Trinajstić information content (AvgIpc) is 2.45. The predicted molar refractivity (Wildman–Crippen MR) is 70.5 cm³/mol. The zero-order chi connectivity index (χ0) is 13.7. The zero-order valence-corrected chi connectivity index (χ0v) is 10.6. The van der Waals surface area contributed by atoms with Gasteiger partial charge < -0.3 is 10.9 Å². The van der Waals surface area contributed by atoms with Crippen molar-refractivity contribution in [1.29, 1.82) is 0 Å². The molecular formula is C12H11FN4OS. The third kappa shape index (κ3) is 3.65. The Balaban J connectivity index is 2.14. The van der Waals surface area contributed by atoms with Gasteiger partial charge in [-0.25, -0.2) is 14.4 Å². The van der Waals surface area contributed by atoms with Gasteiger partial charge >= 0.3 is 0 Å². The third-order valence-electron chi connectivity index (χ3n) is 2.30. The molecule has 0 amide bonds. The molecule has 0 aliphatic heterocycles. The van der Waals surface area contributed by atoms with E-state index in [1.807, 2.05) is 0 Å². The predicted octanol–water partition coefficient (Wildman–Crippen LogP) is 2.00. The summed E-state index contributed by atoms with van der Waals surface area (Å²) in [5.74, 6) is -0.0179. The van der Waals surface area contributed by atoms with Crippen LogP contribution in [0.2, 0.25) is 0 Å². The third-order valence-corrected chi connectivity index (χ3v) is 3.32. The molecule has 1 aromatic carbocycles. The van der Waals surface area contributed by atoms with Crippen LogP contribution in [0.3, 0.4) is 0 Å². The molecule has 0 radical (unpaired) electrons. The molecule has 0 saturated carbocycles. The number of amidine groups is 1. The highest BCUT2D eigenvalue weighted by molar-refractivity contribution is 7.98. The van der Waals surface area contributed by atoms with Crippen molar-refractivity contribution >= 4 is 17.6 Å². The number of hydrogen-bond acceptors (Lipinski definition) is 5. The maximum Gasteiger partial charge on any atom is 0.170 e. The lowest BCUT2D eigenvalue weighted by atomic mass is 10.1. The Morgan fingerprint density at radius 3 is 2.95 bits per heavy atom. The van der Waals surface area contributed by atoms with Crippen LogP contribution in [0.5, 0.6) is 0 Å². The summed E-state index contributed by atoms with van der Waals surface area (Å²) in [6.07, 6.45) is 3.10. The van der Waals surface area contributed by atoms with Crippen molar-refractivity contribution in [1.82, 2.24) is 9.97 Å². The molecule has 0 saturated heterocycles. The number of nitrogens with zero attached hydrogens (tertiary/aromatic N) is 3. The molecule has 0 atom stereocenters. The second-order valence-electron chi connectivity index (χ2n) is 3.67. The normalized spacial score (nSPS) is 11.5. The molecule has 0 aliphatic carbocycles. The van der Waals surface area contributed by atoms with Crippen LogP contribution in [0.4, 0.5) is 4.39 Å². The summed E-state index contributed by atoms with van der Waals surface area (Å²) < 4.78 is 13.4. The van der Waals surface area contributed by atoms with E-state index in [4.69, 9.17) is 10.9 Å². The van der Waals surface area contributed by atoms with Gasteiger partial charge in [-0.05, 0) is 29.8 Å².